The summed E-state index contributed by atoms with van der Waals surface area (Å²) < 4.78 is 2.24. The van der Waals surface area contributed by atoms with E-state index in [1.54, 1.807) is 0 Å². The Morgan fingerprint density at radius 2 is 1.86 bits per heavy atom. The lowest BCUT2D eigenvalue weighted by Crippen LogP contribution is -2.12. The summed E-state index contributed by atoms with van der Waals surface area (Å²) in [4.78, 5) is 4.89. The van der Waals surface area contributed by atoms with Crippen LogP contribution in [0, 0.1) is 20.8 Å². The first-order valence-electron chi connectivity index (χ1n) is 7.78. The molecule has 3 heteroatoms. The van der Waals surface area contributed by atoms with E-state index in [-0.39, 0.29) is 5.92 Å². The van der Waals surface area contributed by atoms with Gasteiger partial charge in [-0.25, -0.2) is 4.98 Å². The van der Waals surface area contributed by atoms with Gasteiger partial charge in [0.1, 0.15) is 5.65 Å². The minimum absolute atomic E-state index is 0.257. The van der Waals surface area contributed by atoms with Gasteiger partial charge in [0.05, 0.1) is 11.4 Å². The van der Waals surface area contributed by atoms with Gasteiger partial charge in [0.25, 0.3) is 0 Å². The fourth-order valence-electron chi connectivity index (χ4n) is 2.95. The Kier molecular flexibility index (Phi) is 3.75. The molecule has 2 aromatic heterocycles. The van der Waals surface area contributed by atoms with E-state index in [0.717, 1.165) is 11.3 Å². The summed E-state index contributed by atoms with van der Waals surface area (Å²) in [6.07, 6.45) is 0. The molecule has 3 aromatic rings. The predicted octanol–water partition coefficient (Wildman–Crippen LogP) is 3.99. The van der Waals surface area contributed by atoms with Crippen LogP contribution in [0.5, 0.6) is 0 Å². The van der Waals surface area contributed by atoms with Crippen molar-refractivity contribution in [2.24, 2.45) is 5.73 Å². The highest BCUT2D eigenvalue weighted by atomic mass is 15.0. The lowest BCUT2D eigenvalue weighted by Gasteiger charge is -2.13. The molecule has 3 rings (SSSR count). The molecule has 0 aliphatic rings. The van der Waals surface area contributed by atoms with Crippen LogP contribution in [0.3, 0.4) is 0 Å². The van der Waals surface area contributed by atoms with Crippen molar-refractivity contribution < 1.29 is 0 Å². The second-order valence-electron chi connectivity index (χ2n) is 6.14. The van der Waals surface area contributed by atoms with Gasteiger partial charge in [0.2, 0.25) is 0 Å². The smallest absolute Gasteiger partial charge is 0.137 e. The molecule has 0 fully saturated rings. The van der Waals surface area contributed by atoms with Gasteiger partial charge in [0.15, 0.2) is 0 Å². The minimum Gasteiger partial charge on any atom is -0.330 e. The topological polar surface area (TPSA) is 43.3 Å². The maximum atomic E-state index is 5.96. The summed E-state index contributed by atoms with van der Waals surface area (Å²) in [5.74, 6) is 0.257. The van der Waals surface area contributed by atoms with Crippen LogP contribution in [0.25, 0.3) is 16.9 Å². The molecule has 0 aliphatic carbocycles. The normalized spacial score (nSPS) is 12.8. The molecule has 1 aromatic carbocycles. The van der Waals surface area contributed by atoms with Crippen molar-refractivity contribution in [2.45, 2.75) is 33.6 Å². The number of hydrogen-bond donors (Lipinski definition) is 1. The number of imidazole rings is 1. The lowest BCUT2D eigenvalue weighted by atomic mass is 9.98. The average molecular weight is 293 g/mol. The van der Waals surface area contributed by atoms with Gasteiger partial charge in [-0.15, -0.1) is 0 Å². The van der Waals surface area contributed by atoms with Crippen LogP contribution < -0.4 is 5.73 Å². The van der Waals surface area contributed by atoms with Crippen molar-refractivity contribution in [2.75, 3.05) is 6.54 Å². The van der Waals surface area contributed by atoms with Gasteiger partial charge in [-0.05, 0) is 50.1 Å². The number of pyridine rings is 1. The van der Waals surface area contributed by atoms with Crippen molar-refractivity contribution in [1.29, 1.82) is 0 Å². The summed E-state index contributed by atoms with van der Waals surface area (Å²) in [5, 5.41) is 0. The van der Waals surface area contributed by atoms with Crippen LogP contribution in [0.2, 0.25) is 0 Å². The molecule has 114 valence electrons. The summed E-state index contributed by atoms with van der Waals surface area (Å²) in [5.41, 5.74) is 14.2. The zero-order valence-electron chi connectivity index (χ0n) is 13.7. The molecular weight excluding hydrogens is 270 g/mol. The van der Waals surface area contributed by atoms with Gasteiger partial charge in [-0.2, -0.15) is 0 Å². The monoisotopic (exact) mass is 293 g/mol. The summed E-state index contributed by atoms with van der Waals surface area (Å²) >= 11 is 0. The van der Waals surface area contributed by atoms with E-state index in [9.17, 15) is 0 Å². The third kappa shape index (κ3) is 2.32. The third-order valence-electron chi connectivity index (χ3n) is 4.48. The fourth-order valence-corrected chi connectivity index (χ4v) is 2.95. The number of nitrogens with two attached hydrogens (primary N) is 1. The van der Waals surface area contributed by atoms with Crippen molar-refractivity contribution >= 4 is 5.65 Å². The zero-order valence-corrected chi connectivity index (χ0v) is 13.7. The van der Waals surface area contributed by atoms with Crippen LogP contribution in [0.1, 0.15) is 35.4 Å². The quantitative estimate of drug-likeness (QED) is 0.793. The van der Waals surface area contributed by atoms with Gasteiger partial charge < -0.3 is 10.1 Å². The lowest BCUT2D eigenvalue weighted by molar-refractivity contribution is 0.733. The summed E-state index contributed by atoms with van der Waals surface area (Å²) in [7, 11) is 0. The third-order valence-corrected chi connectivity index (χ3v) is 4.48. The number of aromatic nitrogens is 2. The molecule has 0 saturated carbocycles. The van der Waals surface area contributed by atoms with Gasteiger partial charge in [-0.1, -0.05) is 25.1 Å². The van der Waals surface area contributed by atoms with Crippen molar-refractivity contribution in [3.8, 4) is 11.3 Å². The molecule has 0 amide bonds. The average Bonchev–Trinajstić information content (AvgIpc) is 2.90. The van der Waals surface area contributed by atoms with Crippen molar-refractivity contribution in [1.82, 2.24) is 9.38 Å². The zero-order chi connectivity index (χ0) is 15.9. The molecule has 0 bridgehead atoms. The van der Waals surface area contributed by atoms with Gasteiger partial charge in [-0.3, -0.25) is 0 Å². The highest BCUT2D eigenvalue weighted by Crippen LogP contribution is 2.31. The first-order valence-corrected chi connectivity index (χ1v) is 7.78. The van der Waals surface area contributed by atoms with E-state index in [1.165, 1.54) is 28.1 Å². The van der Waals surface area contributed by atoms with Crippen LogP contribution in [0.15, 0.2) is 36.4 Å². The Labute approximate surface area is 131 Å². The number of rotatable bonds is 3. The molecule has 0 spiro atoms. The van der Waals surface area contributed by atoms with Gasteiger partial charge in [0, 0.05) is 23.7 Å². The standard InChI is InChI=1S/C19H23N3/c1-12-8-9-16(10-13(12)2)18-19(14(3)11-20)22-15(4)6-5-7-17(22)21-18/h5-10,14H,11,20H2,1-4H3. The second-order valence-corrected chi connectivity index (χ2v) is 6.14. The van der Waals surface area contributed by atoms with Crippen molar-refractivity contribution in [3.63, 3.8) is 0 Å². The summed E-state index contributed by atoms with van der Waals surface area (Å²) in [6, 6.07) is 12.8. The Balaban J connectivity index is 2.33. The molecule has 22 heavy (non-hydrogen) atoms. The largest absolute Gasteiger partial charge is 0.330 e. The molecule has 0 aliphatic heterocycles. The number of benzene rings is 1. The fraction of sp³-hybridized carbons (Fsp3) is 0.316. The van der Waals surface area contributed by atoms with E-state index in [4.69, 9.17) is 10.7 Å². The molecule has 0 saturated heterocycles. The first-order chi connectivity index (χ1) is 10.5. The van der Waals surface area contributed by atoms with Crippen LogP contribution >= 0.6 is 0 Å². The van der Waals surface area contributed by atoms with E-state index >= 15 is 0 Å². The van der Waals surface area contributed by atoms with Crippen LogP contribution in [-0.2, 0) is 0 Å². The molecule has 2 heterocycles. The molecule has 0 radical (unpaired) electrons. The van der Waals surface area contributed by atoms with Crippen molar-refractivity contribution in [3.05, 3.63) is 58.9 Å². The highest BCUT2D eigenvalue weighted by Gasteiger charge is 2.19. The number of hydrogen-bond acceptors (Lipinski definition) is 2. The first kappa shape index (κ1) is 14.8. The Morgan fingerprint density at radius 3 is 2.55 bits per heavy atom. The Morgan fingerprint density at radius 1 is 1.09 bits per heavy atom. The van der Waals surface area contributed by atoms with E-state index < -0.39 is 0 Å². The second kappa shape index (κ2) is 5.58. The van der Waals surface area contributed by atoms with E-state index in [0.29, 0.717) is 6.54 Å². The molecule has 1 atom stereocenters. The summed E-state index contributed by atoms with van der Waals surface area (Å²) in [6.45, 7) is 9.17. The molecule has 3 nitrogen and oxygen atoms in total. The van der Waals surface area contributed by atoms with Gasteiger partial charge >= 0.3 is 0 Å². The minimum atomic E-state index is 0.257. The van der Waals surface area contributed by atoms with Crippen LogP contribution in [0.4, 0.5) is 0 Å². The Hall–Kier alpha value is -2.13. The number of fused-ring (bicyclic) bond motifs is 1. The molecular formula is C19H23N3. The van der Waals surface area contributed by atoms with Crippen LogP contribution in [-0.4, -0.2) is 15.9 Å². The molecule has 1 unspecified atom stereocenters. The predicted molar refractivity (Wildman–Crippen MR) is 92.3 cm³/mol. The number of aryl methyl sites for hydroxylation is 3. The maximum Gasteiger partial charge on any atom is 0.137 e. The number of nitrogens with zero attached hydrogens (tertiary/aromatic N) is 2. The SMILES string of the molecule is Cc1ccc(-c2nc3cccc(C)n3c2C(C)CN)cc1C. The van der Waals surface area contributed by atoms with E-state index in [1.807, 2.05) is 0 Å². The molecule has 2 N–H and O–H groups in total. The van der Waals surface area contributed by atoms with E-state index in [2.05, 4.69) is 68.5 Å². The highest BCUT2D eigenvalue weighted by molar-refractivity contribution is 5.68. The maximum absolute atomic E-state index is 5.96. The Bertz CT molecular complexity index is 830.